The van der Waals surface area contributed by atoms with Crippen molar-refractivity contribution in [1.29, 1.82) is 0 Å². The van der Waals surface area contributed by atoms with Gasteiger partial charge in [0, 0.05) is 11.5 Å². The summed E-state index contributed by atoms with van der Waals surface area (Å²) in [6.07, 6.45) is 3.37. The molecule has 1 aliphatic heterocycles. The van der Waals surface area contributed by atoms with Crippen LogP contribution in [-0.2, 0) is 4.79 Å². The fourth-order valence-corrected chi connectivity index (χ4v) is 2.33. The first-order chi connectivity index (χ1) is 6.88. The molecule has 0 saturated carbocycles. The van der Waals surface area contributed by atoms with Crippen LogP contribution in [0, 0.1) is 5.41 Å². The SMILES string of the molecule is CCC(C)N1CCCC1C(=O)C(C)(C)C. The van der Waals surface area contributed by atoms with Gasteiger partial charge in [0.15, 0.2) is 5.78 Å². The van der Waals surface area contributed by atoms with Crippen LogP contribution >= 0.6 is 0 Å². The molecule has 0 bridgehead atoms. The van der Waals surface area contributed by atoms with Gasteiger partial charge in [-0.25, -0.2) is 0 Å². The Morgan fingerprint density at radius 2 is 2.07 bits per heavy atom. The number of rotatable bonds is 3. The fraction of sp³-hybridized carbons (Fsp3) is 0.923. The number of carbonyl (C=O) groups excluding carboxylic acids is 1. The van der Waals surface area contributed by atoms with Crippen molar-refractivity contribution >= 4 is 5.78 Å². The lowest BCUT2D eigenvalue weighted by atomic mass is 9.85. The van der Waals surface area contributed by atoms with E-state index in [0.717, 1.165) is 19.4 Å². The van der Waals surface area contributed by atoms with Gasteiger partial charge in [-0.15, -0.1) is 0 Å². The van der Waals surface area contributed by atoms with Crippen molar-refractivity contribution < 1.29 is 4.79 Å². The zero-order valence-electron chi connectivity index (χ0n) is 10.8. The van der Waals surface area contributed by atoms with Gasteiger partial charge in [-0.3, -0.25) is 9.69 Å². The van der Waals surface area contributed by atoms with Gasteiger partial charge < -0.3 is 0 Å². The Labute approximate surface area is 94.0 Å². The minimum Gasteiger partial charge on any atom is -0.297 e. The summed E-state index contributed by atoms with van der Waals surface area (Å²) in [6.45, 7) is 11.6. The lowest BCUT2D eigenvalue weighted by Gasteiger charge is -2.32. The molecule has 1 saturated heterocycles. The largest absolute Gasteiger partial charge is 0.297 e. The Hall–Kier alpha value is -0.370. The van der Waals surface area contributed by atoms with Gasteiger partial charge >= 0.3 is 0 Å². The Morgan fingerprint density at radius 1 is 1.47 bits per heavy atom. The first-order valence-electron chi connectivity index (χ1n) is 6.18. The van der Waals surface area contributed by atoms with E-state index in [4.69, 9.17) is 0 Å². The number of hydrogen-bond donors (Lipinski definition) is 0. The molecule has 0 aliphatic carbocycles. The van der Waals surface area contributed by atoms with E-state index >= 15 is 0 Å². The highest BCUT2D eigenvalue weighted by molar-refractivity contribution is 5.89. The van der Waals surface area contributed by atoms with E-state index < -0.39 is 0 Å². The van der Waals surface area contributed by atoms with Crippen molar-refractivity contribution in [2.75, 3.05) is 6.54 Å². The van der Waals surface area contributed by atoms with Crippen molar-refractivity contribution in [2.24, 2.45) is 5.41 Å². The first-order valence-corrected chi connectivity index (χ1v) is 6.18. The zero-order valence-corrected chi connectivity index (χ0v) is 10.8. The van der Waals surface area contributed by atoms with Gasteiger partial charge in [0.2, 0.25) is 0 Å². The van der Waals surface area contributed by atoms with Gasteiger partial charge in [0.25, 0.3) is 0 Å². The van der Waals surface area contributed by atoms with Gasteiger partial charge in [-0.05, 0) is 32.7 Å². The highest BCUT2D eigenvalue weighted by Gasteiger charge is 2.37. The average Bonchev–Trinajstić information content (AvgIpc) is 2.62. The third-order valence-corrected chi connectivity index (χ3v) is 3.49. The first kappa shape index (κ1) is 12.7. The molecule has 1 heterocycles. The summed E-state index contributed by atoms with van der Waals surface area (Å²) in [5.74, 6) is 0.417. The topological polar surface area (TPSA) is 20.3 Å². The third-order valence-electron chi connectivity index (χ3n) is 3.49. The fourth-order valence-electron chi connectivity index (χ4n) is 2.33. The van der Waals surface area contributed by atoms with Crippen LogP contribution in [0.4, 0.5) is 0 Å². The number of carbonyl (C=O) groups is 1. The molecule has 1 rings (SSSR count). The molecule has 0 spiro atoms. The van der Waals surface area contributed by atoms with Crippen molar-refractivity contribution in [3.8, 4) is 0 Å². The lowest BCUT2D eigenvalue weighted by molar-refractivity contribution is -0.131. The molecule has 1 aliphatic rings. The molecule has 2 atom stereocenters. The van der Waals surface area contributed by atoms with Crippen molar-refractivity contribution in [2.45, 2.75) is 66.0 Å². The molecule has 0 aromatic carbocycles. The van der Waals surface area contributed by atoms with E-state index in [0.29, 0.717) is 11.8 Å². The zero-order chi connectivity index (χ0) is 11.6. The summed E-state index contributed by atoms with van der Waals surface area (Å²) in [7, 11) is 0. The van der Waals surface area contributed by atoms with Crippen molar-refractivity contribution in [3.05, 3.63) is 0 Å². The molecule has 0 amide bonds. The van der Waals surface area contributed by atoms with Crippen LogP contribution in [0.2, 0.25) is 0 Å². The predicted molar refractivity (Wildman–Crippen MR) is 63.9 cm³/mol. The second-order valence-corrected chi connectivity index (χ2v) is 5.77. The summed E-state index contributed by atoms with van der Waals surface area (Å²) < 4.78 is 0. The van der Waals surface area contributed by atoms with Crippen LogP contribution in [0.25, 0.3) is 0 Å². The quantitative estimate of drug-likeness (QED) is 0.715. The molecule has 0 radical (unpaired) electrons. The molecule has 1 fully saturated rings. The molecular weight excluding hydrogens is 186 g/mol. The number of likely N-dealkylation sites (tertiary alicyclic amines) is 1. The van der Waals surface area contributed by atoms with Gasteiger partial charge in [0.05, 0.1) is 6.04 Å². The van der Waals surface area contributed by atoms with E-state index in [9.17, 15) is 4.79 Å². The standard InChI is InChI=1S/C13H25NO/c1-6-10(2)14-9-7-8-11(14)12(15)13(3,4)5/h10-11H,6-9H2,1-5H3. The molecule has 88 valence electrons. The van der Waals surface area contributed by atoms with Crippen LogP contribution in [0.3, 0.4) is 0 Å². The van der Waals surface area contributed by atoms with Crippen LogP contribution in [0.1, 0.15) is 53.9 Å². The molecule has 0 aromatic rings. The van der Waals surface area contributed by atoms with Crippen LogP contribution in [0.15, 0.2) is 0 Å². The number of hydrogen-bond acceptors (Lipinski definition) is 2. The molecule has 0 aromatic heterocycles. The summed E-state index contributed by atoms with van der Waals surface area (Å²) >= 11 is 0. The molecule has 15 heavy (non-hydrogen) atoms. The third kappa shape index (κ3) is 2.81. The number of ketones is 1. The van der Waals surface area contributed by atoms with Crippen LogP contribution in [0.5, 0.6) is 0 Å². The van der Waals surface area contributed by atoms with E-state index in [2.05, 4.69) is 18.7 Å². The minimum atomic E-state index is -0.194. The molecule has 2 unspecified atom stereocenters. The molecule has 2 heteroatoms. The Bertz CT molecular complexity index is 229. The maximum atomic E-state index is 12.3. The highest BCUT2D eigenvalue weighted by atomic mass is 16.1. The van der Waals surface area contributed by atoms with Crippen molar-refractivity contribution in [3.63, 3.8) is 0 Å². The smallest absolute Gasteiger partial charge is 0.155 e. The van der Waals surface area contributed by atoms with E-state index in [1.54, 1.807) is 0 Å². The van der Waals surface area contributed by atoms with E-state index in [1.807, 2.05) is 20.8 Å². The second-order valence-electron chi connectivity index (χ2n) is 5.77. The van der Waals surface area contributed by atoms with E-state index in [1.165, 1.54) is 6.42 Å². The Kier molecular flexibility index (Phi) is 3.93. The van der Waals surface area contributed by atoms with Gasteiger partial charge in [-0.2, -0.15) is 0 Å². The van der Waals surface area contributed by atoms with Crippen LogP contribution in [-0.4, -0.2) is 29.3 Å². The average molecular weight is 211 g/mol. The predicted octanol–water partition coefficient (Wildman–Crippen LogP) is 2.86. The maximum Gasteiger partial charge on any atom is 0.155 e. The number of nitrogens with zero attached hydrogens (tertiary/aromatic N) is 1. The minimum absolute atomic E-state index is 0.181. The second kappa shape index (κ2) is 4.65. The summed E-state index contributed by atoms with van der Waals surface area (Å²) in [4.78, 5) is 14.7. The van der Waals surface area contributed by atoms with Crippen molar-refractivity contribution in [1.82, 2.24) is 4.90 Å². The van der Waals surface area contributed by atoms with E-state index in [-0.39, 0.29) is 11.5 Å². The lowest BCUT2D eigenvalue weighted by Crippen LogP contribution is -2.45. The molecule has 0 N–H and O–H groups in total. The summed E-state index contributed by atoms with van der Waals surface area (Å²) in [5, 5.41) is 0. The van der Waals surface area contributed by atoms with Gasteiger partial charge in [0.1, 0.15) is 0 Å². The highest BCUT2D eigenvalue weighted by Crippen LogP contribution is 2.28. The number of Topliss-reactive ketones (excluding diaryl/α,β-unsaturated/α-hetero) is 1. The maximum absolute atomic E-state index is 12.3. The summed E-state index contributed by atoms with van der Waals surface area (Å²) in [6, 6.07) is 0.726. The normalized spacial score (nSPS) is 25.5. The van der Waals surface area contributed by atoms with Gasteiger partial charge in [-0.1, -0.05) is 27.7 Å². The summed E-state index contributed by atoms with van der Waals surface area (Å²) in [5.41, 5.74) is -0.194. The van der Waals surface area contributed by atoms with Crippen LogP contribution < -0.4 is 0 Å². The Morgan fingerprint density at radius 3 is 2.53 bits per heavy atom. The monoisotopic (exact) mass is 211 g/mol. The Balaban J connectivity index is 2.73. The molecular formula is C13H25NO. The molecule has 2 nitrogen and oxygen atoms in total.